The first-order valence-electron chi connectivity index (χ1n) is 7.28. The van der Waals surface area contributed by atoms with Crippen molar-refractivity contribution in [3.63, 3.8) is 0 Å². The Morgan fingerprint density at radius 2 is 2.05 bits per heavy atom. The lowest BCUT2D eigenvalue weighted by molar-refractivity contribution is -0.137. The average Bonchev–Trinajstić information content (AvgIpc) is 2.74. The van der Waals surface area contributed by atoms with Gasteiger partial charge in [-0.3, -0.25) is 4.79 Å². The third kappa shape index (κ3) is 3.61. The van der Waals surface area contributed by atoms with Gasteiger partial charge in [0.25, 0.3) is 0 Å². The topological polar surface area (TPSA) is 64.4 Å². The summed E-state index contributed by atoms with van der Waals surface area (Å²) in [5.74, 6) is 0.0983. The summed E-state index contributed by atoms with van der Waals surface area (Å²) >= 11 is 0. The number of aromatic nitrogens is 2. The Kier molecular flexibility index (Phi) is 4.96. The predicted octanol–water partition coefficient (Wildman–Crippen LogP) is 2.71. The van der Waals surface area contributed by atoms with Crippen molar-refractivity contribution >= 4 is 17.0 Å². The largest absolute Gasteiger partial charge is 0.481 e. The number of aliphatic carboxylic acids is 1. The van der Waals surface area contributed by atoms with Crippen LogP contribution in [0.4, 0.5) is 0 Å². The minimum Gasteiger partial charge on any atom is -0.481 e. The molecule has 0 aliphatic heterocycles. The van der Waals surface area contributed by atoms with E-state index in [0.717, 1.165) is 16.9 Å². The molecule has 1 N–H and O–H groups in total. The maximum Gasteiger partial charge on any atom is 0.305 e. The van der Waals surface area contributed by atoms with E-state index >= 15 is 0 Å². The Morgan fingerprint density at radius 1 is 1.33 bits per heavy atom. The number of aryl methyl sites for hydroxylation is 3. The van der Waals surface area contributed by atoms with Gasteiger partial charge in [0.15, 0.2) is 0 Å². The van der Waals surface area contributed by atoms with Crippen LogP contribution >= 0.6 is 0 Å². The van der Waals surface area contributed by atoms with E-state index in [0.29, 0.717) is 26.2 Å². The Balaban J connectivity index is 2.39. The zero-order chi connectivity index (χ0) is 15.4. The number of hydrogen-bond acceptors (Lipinski definition) is 3. The molecule has 5 heteroatoms. The van der Waals surface area contributed by atoms with Crippen molar-refractivity contribution in [2.45, 2.75) is 40.2 Å². The highest BCUT2D eigenvalue weighted by atomic mass is 16.5. The van der Waals surface area contributed by atoms with Gasteiger partial charge in [-0.2, -0.15) is 0 Å². The van der Waals surface area contributed by atoms with E-state index in [1.54, 1.807) is 0 Å². The molecule has 2 aromatic rings. The summed E-state index contributed by atoms with van der Waals surface area (Å²) in [6, 6.07) is 4.15. The monoisotopic (exact) mass is 290 g/mol. The highest BCUT2D eigenvalue weighted by molar-refractivity contribution is 5.78. The molecule has 0 bridgehead atoms. The summed E-state index contributed by atoms with van der Waals surface area (Å²) in [6.45, 7) is 7.79. The van der Waals surface area contributed by atoms with Crippen molar-refractivity contribution in [2.75, 3.05) is 13.2 Å². The minimum absolute atomic E-state index is 0.0972. The molecule has 0 aliphatic rings. The number of imidazole rings is 1. The highest BCUT2D eigenvalue weighted by Crippen LogP contribution is 2.21. The standard InChI is InChI=1S/C16H22N2O3/c1-4-21-8-6-15-17-13-9-11(2)12(3)10-14(13)18(15)7-5-16(19)20/h9-10H,4-8H2,1-3H3,(H,19,20). The van der Waals surface area contributed by atoms with Crippen LogP contribution in [-0.2, 0) is 22.5 Å². The minimum atomic E-state index is -0.795. The average molecular weight is 290 g/mol. The molecule has 0 saturated heterocycles. The number of carbonyl (C=O) groups is 1. The van der Waals surface area contributed by atoms with Crippen molar-refractivity contribution in [3.05, 3.63) is 29.1 Å². The normalized spacial score (nSPS) is 11.2. The van der Waals surface area contributed by atoms with Gasteiger partial charge in [-0.15, -0.1) is 0 Å². The molecule has 2 rings (SSSR count). The van der Waals surface area contributed by atoms with Gasteiger partial charge in [0, 0.05) is 19.6 Å². The summed E-state index contributed by atoms with van der Waals surface area (Å²) in [5, 5.41) is 8.93. The van der Waals surface area contributed by atoms with Crippen LogP contribution in [0.3, 0.4) is 0 Å². The molecule has 1 aromatic heterocycles. The van der Waals surface area contributed by atoms with Crippen LogP contribution in [0.5, 0.6) is 0 Å². The summed E-state index contributed by atoms with van der Waals surface area (Å²) in [4.78, 5) is 15.5. The fourth-order valence-corrected chi connectivity index (χ4v) is 2.39. The molecular formula is C16H22N2O3. The molecule has 1 aromatic carbocycles. The predicted molar refractivity (Wildman–Crippen MR) is 81.7 cm³/mol. The molecule has 114 valence electrons. The van der Waals surface area contributed by atoms with Gasteiger partial charge in [0.05, 0.1) is 24.1 Å². The van der Waals surface area contributed by atoms with Crippen LogP contribution in [0, 0.1) is 13.8 Å². The lowest BCUT2D eigenvalue weighted by Crippen LogP contribution is -2.10. The number of ether oxygens (including phenoxy) is 1. The van der Waals surface area contributed by atoms with E-state index in [1.165, 1.54) is 11.1 Å². The second-order valence-corrected chi connectivity index (χ2v) is 5.20. The Labute approximate surface area is 124 Å². The third-order valence-electron chi connectivity index (χ3n) is 3.67. The summed E-state index contributed by atoms with van der Waals surface area (Å²) in [6.07, 6.45) is 0.792. The molecule has 0 spiro atoms. The van der Waals surface area contributed by atoms with Crippen molar-refractivity contribution < 1.29 is 14.6 Å². The van der Waals surface area contributed by atoms with Crippen molar-refractivity contribution in [3.8, 4) is 0 Å². The zero-order valence-corrected chi connectivity index (χ0v) is 12.8. The van der Waals surface area contributed by atoms with E-state index in [9.17, 15) is 4.79 Å². The molecular weight excluding hydrogens is 268 g/mol. The molecule has 1 heterocycles. The van der Waals surface area contributed by atoms with Gasteiger partial charge in [0.1, 0.15) is 5.82 Å². The summed E-state index contributed by atoms with van der Waals surface area (Å²) < 4.78 is 7.40. The number of benzene rings is 1. The van der Waals surface area contributed by atoms with Crippen LogP contribution in [0.15, 0.2) is 12.1 Å². The van der Waals surface area contributed by atoms with Gasteiger partial charge in [0.2, 0.25) is 0 Å². The Bertz CT molecular complexity index is 646. The van der Waals surface area contributed by atoms with Gasteiger partial charge >= 0.3 is 5.97 Å². The fourth-order valence-electron chi connectivity index (χ4n) is 2.39. The molecule has 0 aliphatic carbocycles. The molecule has 0 atom stereocenters. The lowest BCUT2D eigenvalue weighted by atomic mass is 10.1. The molecule has 0 amide bonds. The summed E-state index contributed by atoms with van der Waals surface area (Å²) in [7, 11) is 0. The Morgan fingerprint density at radius 3 is 2.71 bits per heavy atom. The number of carboxylic acids is 1. The molecule has 5 nitrogen and oxygen atoms in total. The number of hydrogen-bond donors (Lipinski definition) is 1. The van der Waals surface area contributed by atoms with E-state index in [1.807, 2.05) is 11.5 Å². The lowest BCUT2D eigenvalue weighted by Gasteiger charge is -2.08. The molecule has 0 radical (unpaired) electrons. The smallest absolute Gasteiger partial charge is 0.305 e. The van der Waals surface area contributed by atoms with Gasteiger partial charge in [-0.1, -0.05) is 0 Å². The van der Waals surface area contributed by atoms with Crippen molar-refractivity contribution in [1.29, 1.82) is 0 Å². The second kappa shape index (κ2) is 6.72. The fraction of sp³-hybridized carbons (Fsp3) is 0.500. The van der Waals surface area contributed by atoms with E-state index in [-0.39, 0.29) is 6.42 Å². The number of nitrogens with zero attached hydrogens (tertiary/aromatic N) is 2. The number of fused-ring (bicyclic) bond motifs is 1. The summed E-state index contributed by atoms with van der Waals surface area (Å²) in [5.41, 5.74) is 4.32. The van der Waals surface area contributed by atoms with Crippen LogP contribution in [0.1, 0.15) is 30.3 Å². The quantitative estimate of drug-likeness (QED) is 0.796. The highest BCUT2D eigenvalue weighted by Gasteiger charge is 2.13. The molecule has 0 saturated carbocycles. The number of carboxylic acid groups (broad SMARTS) is 1. The first-order chi connectivity index (χ1) is 10.0. The van der Waals surface area contributed by atoms with Crippen LogP contribution < -0.4 is 0 Å². The molecule has 21 heavy (non-hydrogen) atoms. The third-order valence-corrected chi connectivity index (χ3v) is 3.67. The van der Waals surface area contributed by atoms with E-state index in [2.05, 4.69) is 31.0 Å². The van der Waals surface area contributed by atoms with Crippen LogP contribution in [0.25, 0.3) is 11.0 Å². The zero-order valence-electron chi connectivity index (χ0n) is 12.8. The van der Waals surface area contributed by atoms with E-state index in [4.69, 9.17) is 9.84 Å². The van der Waals surface area contributed by atoms with Crippen molar-refractivity contribution in [2.24, 2.45) is 0 Å². The maximum absolute atomic E-state index is 10.9. The van der Waals surface area contributed by atoms with Gasteiger partial charge in [-0.25, -0.2) is 4.98 Å². The van der Waals surface area contributed by atoms with Crippen molar-refractivity contribution in [1.82, 2.24) is 9.55 Å². The van der Waals surface area contributed by atoms with Crippen LogP contribution in [0.2, 0.25) is 0 Å². The molecule has 0 fully saturated rings. The first kappa shape index (κ1) is 15.5. The number of rotatable bonds is 7. The Hall–Kier alpha value is -1.88. The second-order valence-electron chi connectivity index (χ2n) is 5.20. The van der Waals surface area contributed by atoms with Crippen LogP contribution in [-0.4, -0.2) is 33.8 Å². The SMILES string of the molecule is CCOCCc1nc2cc(C)c(C)cc2n1CCC(=O)O. The van der Waals surface area contributed by atoms with Gasteiger partial charge < -0.3 is 14.4 Å². The first-order valence-corrected chi connectivity index (χ1v) is 7.28. The molecule has 0 unspecified atom stereocenters. The van der Waals surface area contributed by atoms with Gasteiger partial charge in [-0.05, 0) is 44.0 Å². The maximum atomic E-state index is 10.9. The van der Waals surface area contributed by atoms with E-state index < -0.39 is 5.97 Å².